The Labute approximate surface area is 112 Å². The van der Waals surface area contributed by atoms with E-state index in [4.69, 9.17) is 13.9 Å². The van der Waals surface area contributed by atoms with Gasteiger partial charge in [0.1, 0.15) is 12.0 Å². The van der Waals surface area contributed by atoms with E-state index in [0.29, 0.717) is 12.4 Å². The summed E-state index contributed by atoms with van der Waals surface area (Å²) in [5, 5.41) is 3.24. The van der Waals surface area contributed by atoms with Crippen molar-refractivity contribution >= 4 is 5.69 Å². The van der Waals surface area contributed by atoms with Crippen LogP contribution in [0.5, 0.6) is 0 Å². The lowest BCUT2D eigenvalue weighted by Crippen LogP contribution is -2.23. The Hall–Kier alpha value is -1.85. The lowest BCUT2D eigenvalue weighted by atomic mass is 10.1. The Kier molecular flexibility index (Phi) is 4.54. The van der Waals surface area contributed by atoms with E-state index in [-0.39, 0.29) is 6.29 Å². The molecule has 1 N–H and O–H groups in total. The van der Waals surface area contributed by atoms with E-state index in [1.54, 1.807) is 20.5 Å². The van der Waals surface area contributed by atoms with Crippen LogP contribution in [0.25, 0.3) is 11.3 Å². The highest BCUT2D eigenvalue weighted by atomic mass is 16.7. The molecule has 5 nitrogen and oxygen atoms in total. The Morgan fingerprint density at radius 3 is 2.42 bits per heavy atom. The van der Waals surface area contributed by atoms with Crippen molar-refractivity contribution < 1.29 is 13.9 Å². The molecule has 1 heterocycles. The zero-order valence-corrected chi connectivity index (χ0v) is 11.3. The number of hydrogen-bond donors (Lipinski definition) is 1. The number of oxazole rings is 1. The quantitative estimate of drug-likeness (QED) is 0.811. The van der Waals surface area contributed by atoms with Gasteiger partial charge >= 0.3 is 0 Å². The van der Waals surface area contributed by atoms with Gasteiger partial charge in [-0.25, -0.2) is 4.98 Å². The molecule has 2 rings (SSSR count). The van der Waals surface area contributed by atoms with Crippen molar-refractivity contribution in [2.24, 2.45) is 0 Å². The van der Waals surface area contributed by atoms with Gasteiger partial charge in [0.05, 0.1) is 6.54 Å². The van der Waals surface area contributed by atoms with Gasteiger partial charge < -0.3 is 19.2 Å². The van der Waals surface area contributed by atoms with Crippen molar-refractivity contribution in [3.63, 3.8) is 0 Å². The van der Waals surface area contributed by atoms with Crippen LogP contribution in [0.15, 0.2) is 34.9 Å². The number of nitrogens with zero attached hydrogens (tertiary/aromatic N) is 1. The molecule has 0 bridgehead atoms. The Bertz CT molecular complexity index is 504. The van der Waals surface area contributed by atoms with Crippen LogP contribution in [0.1, 0.15) is 5.89 Å². The molecule has 0 unspecified atom stereocenters. The predicted molar refractivity (Wildman–Crippen MR) is 73.0 cm³/mol. The molecule has 0 aliphatic carbocycles. The fourth-order valence-electron chi connectivity index (χ4n) is 1.72. The fraction of sp³-hybridized carbons (Fsp3) is 0.357. The van der Waals surface area contributed by atoms with Gasteiger partial charge in [-0.15, -0.1) is 0 Å². The number of methoxy groups -OCH3 is 2. The van der Waals surface area contributed by atoms with Gasteiger partial charge in [-0.2, -0.15) is 0 Å². The first-order valence-electron chi connectivity index (χ1n) is 6.05. The summed E-state index contributed by atoms with van der Waals surface area (Å²) >= 11 is 0. The minimum absolute atomic E-state index is 0.252. The van der Waals surface area contributed by atoms with Crippen LogP contribution in [-0.2, 0) is 9.47 Å². The van der Waals surface area contributed by atoms with Crippen LogP contribution in [-0.4, -0.2) is 32.0 Å². The van der Waals surface area contributed by atoms with Crippen LogP contribution in [0.2, 0.25) is 0 Å². The molecule has 1 aromatic heterocycles. The molecule has 0 fully saturated rings. The van der Waals surface area contributed by atoms with E-state index in [1.165, 1.54) is 0 Å². The van der Waals surface area contributed by atoms with E-state index >= 15 is 0 Å². The summed E-state index contributed by atoms with van der Waals surface area (Å²) in [6.45, 7) is 2.42. The fourth-order valence-corrected chi connectivity index (χ4v) is 1.72. The number of hydrogen-bond acceptors (Lipinski definition) is 5. The molecule has 0 aliphatic heterocycles. The third kappa shape index (κ3) is 3.56. The second kappa shape index (κ2) is 6.36. The maximum absolute atomic E-state index is 5.20. The molecule has 19 heavy (non-hydrogen) atoms. The third-order valence-electron chi connectivity index (χ3n) is 2.80. The summed E-state index contributed by atoms with van der Waals surface area (Å²) in [7, 11) is 3.23. The second-order valence-electron chi connectivity index (χ2n) is 4.11. The maximum Gasteiger partial charge on any atom is 0.191 e. The molecule has 0 atom stereocenters. The van der Waals surface area contributed by atoms with Crippen LogP contribution < -0.4 is 5.32 Å². The monoisotopic (exact) mass is 262 g/mol. The summed E-state index contributed by atoms with van der Waals surface area (Å²) in [6, 6.07) is 7.96. The average Bonchev–Trinajstić information content (AvgIpc) is 2.87. The van der Waals surface area contributed by atoms with Crippen molar-refractivity contribution in [1.82, 2.24) is 4.98 Å². The molecule has 0 amide bonds. The summed E-state index contributed by atoms with van der Waals surface area (Å²) in [5.41, 5.74) is 2.87. The first kappa shape index (κ1) is 13.6. The first-order valence-corrected chi connectivity index (χ1v) is 6.05. The molecular formula is C14H18N2O3. The Morgan fingerprint density at radius 2 is 1.89 bits per heavy atom. The lowest BCUT2D eigenvalue weighted by Gasteiger charge is -2.14. The minimum Gasteiger partial charge on any atom is -0.449 e. The molecule has 2 aromatic rings. The smallest absolute Gasteiger partial charge is 0.191 e. The van der Waals surface area contributed by atoms with Crippen molar-refractivity contribution in [1.29, 1.82) is 0 Å². The van der Waals surface area contributed by atoms with Gasteiger partial charge in [-0.05, 0) is 12.1 Å². The molecule has 102 valence electrons. The number of nitrogens with one attached hydrogen (secondary N) is 1. The van der Waals surface area contributed by atoms with Crippen LogP contribution in [0.3, 0.4) is 0 Å². The average molecular weight is 262 g/mol. The molecule has 5 heteroatoms. The summed E-state index contributed by atoms with van der Waals surface area (Å²) in [5.74, 6) is 0.667. The maximum atomic E-state index is 5.20. The topological polar surface area (TPSA) is 56.5 Å². The first-order chi connectivity index (χ1) is 9.22. The van der Waals surface area contributed by atoms with Gasteiger partial charge in [0.2, 0.25) is 0 Å². The standard InChI is InChI=1S/C14H18N2O3/c1-10-16-13(9-19-10)11-4-6-12(7-5-11)15-8-14(17-2)18-3/h4-7,9,14-15H,8H2,1-3H3. The normalized spacial score (nSPS) is 10.9. The van der Waals surface area contributed by atoms with Gasteiger partial charge in [0, 0.05) is 32.4 Å². The molecule has 0 aliphatic rings. The molecule has 0 saturated heterocycles. The van der Waals surface area contributed by atoms with E-state index in [9.17, 15) is 0 Å². The highest BCUT2D eigenvalue weighted by molar-refractivity contribution is 5.61. The summed E-state index contributed by atoms with van der Waals surface area (Å²) < 4.78 is 15.4. The van der Waals surface area contributed by atoms with E-state index in [0.717, 1.165) is 16.9 Å². The van der Waals surface area contributed by atoms with Crippen molar-refractivity contribution in [3.05, 3.63) is 36.4 Å². The lowest BCUT2D eigenvalue weighted by molar-refractivity contribution is -0.0914. The van der Waals surface area contributed by atoms with Gasteiger partial charge in [0.25, 0.3) is 0 Å². The number of anilines is 1. The molecule has 0 radical (unpaired) electrons. The van der Waals surface area contributed by atoms with Crippen molar-refractivity contribution in [2.75, 3.05) is 26.1 Å². The van der Waals surface area contributed by atoms with Crippen molar-refractivity contribution in [3.8, 4) is 11.3 Å². The molecule has 1 aromatic carbocycles. The highest BCUT2D eigenvalue weighted by Gasteiger charge is 2.05. The summed E-state index contributed by atoms with van der Waals surface area (Å²) in [6.07, 6.45) is 1.40. The second-order valence-corrected chi connectivity index (χ2v) is 4.11. The van der Waals surface area contributed by atoms with Gasteiger partial charge in [0.15, 0.2) is 12.2 Å². The highest BCUT2D eigenvalue weighted by Crippen LogP contribution is 2.20. The van der Waals surface area contributed by atoms with Crippen LogP contribution in [0.4, 0.5) is 5.69 Å². The SMILES string of the molecule is COC(CNc1ccc(-c2coc(C)n2)cc1)OC. The molecular weight excluding hydrogens is 244 g/mol. The summed E-state index contributed by atoms with van der Waals surface area (Å²) in [4.78, 5) is 4.28. The zero-order valence-electron chi connectivity index (χ0n) is 11.3. The van der Waals surface area contributed by atoms with Crippen LogP contribution >= 0.6 is 0 Å². The van der Waals surface area contributed by atoms with Gasteiger partial charge in [-0.1, -0.05) is 12.1 Å². The number of ether oxygens (including phenoxy) is 2. The largest absolute Gasteiger partial charge is 0.449 e. The van der Waals surface area contributed by atoms with Gasteiger partial charge in [-0.3, -0.25) is 0 Å². The number of rotatable bonds is 6. The number of aryl methyl sites for hydroxylation is 1. The Morgan fingerprint density at radius 1 is 1.21 bits per heavy atom. The van der Waals surface area contributed by atoms with Crippen molar-refractivity contribution in [2.45, 2.75) is 13.2 Å². The predicted octanol–water partition coefficient (Wildman–Crippen LogP) is 2.68. The van der Waals surface area contributed by atoms with E-state index < -0.39 is 0 Å². The number of benzene rings is 1. The van der Waals surface area contributed by atoms with E-state index in [1.807, 2.05) is 31.2 Å². The Balaban J connectivity index is 1.98. The molecule has 0 saturated carbocycles. The van der Waals surface area contributed by atoms with E-state index in [2.05, 4.69) is 10.3 Å². The number of aromatic nitrogens is 1. The third-order valence-corrected chi connectivity index (χ3v) is 2.80. The zero-order chi connectivity index (χ0) is 13.7. The minimum atomic E-state index is -0.252. The molecule has 0 spiro atoms. The van der Waals surface area contributed by atoms with Crippen LogP contribution in [0, 0.1) is 6.92 Å².